The van der Waals surface area contributed by atoms with E-state index < -0.39 is 5.60 Å². The second kappa shape index (κ2) is 4.57. The molecule has 1 fully saturated rings. The molecule has 14 heavy (non-hydrogen) atoms. The second-order valence-electron chi connectivity index (χ2n) is 4.55. The highest BCUT2D eigenvalue weighted by atomic mass is 16.5. The van der Waals surface area contributed by atoms with Gasteiger partial charge in [0.2, 0.25) is 0 Å². The van der Waals surface area contributed by atoms with Crippen molar-refractivity contribution in [1.82, 2.24) is 4.90 Å². The van der Waals surface area contributed by atoms with Crippen LogP contribution in [0.15, 0.2) is 0 Å². The summed E-state index contributed by atoms with van der Waals surface area (Å²) in [5.41, 5.74) is 4.69. The Labute approximate surface area is 86.0 Å². The monoisotopic (exact) mass is 202 g/mol. The molecule has 0 aromatic rings. The third kappa shape index (κ3) is 2.92. The fraction of sp³-hybridized carbons (Fsp3) is 1.00. The van der Waals surface area contributed by atoms with E-state index in [-0.39, 0.29) is 6.10 Å². The summed E-state index contributed by atoms with van der Waals surface area (Å²) >= 11 is 0. The summed E-state index contributed by atoms with van der Waals surface area (Å²) in [6.45, 7) is 5.55. The standard InChI is InChI=1S/C10H22N2O2/c1-8-9(4-5-14-8)12(3)7-10(2,13)6-11/h8-9,13H,4-7,11H2,1-3H3. The number of hydrogen-bond donors (Lipinski definition) is 2. The number of rotatable bonds is 4. The van der Waals surface area contributed by atoms with Crippen LogP contribution in [0, 0.1) is 0 Å². The zero-order valence-electron chi connectivity index (χ0n) is 9.36. The molecule has 0 spiro atoms. The molecule has 0 radical (unpaired) electrons. The van der Waals surface area contributed by atoms with Crippen LogP contribution in [0.5, 0.6) is 0 Å². The average molecular weight is 202 g/mol. The highest BCUT2D eigenvalue weighted by Crippen LogP contribution is 2.19. The largest absolute Gasteiger partial charge is 0.388 e. The smallest absolute Gasteiger partial charge is 0.0867 e. The van der Waals surface area contributed by atoms with E-state index in [2.05, 4.69) is 11.8 Å². The van der Waals surface area contributed by atoms with E-state index in [9.17, 15) is 5.11 Å². The third-order valence-corrected chi connectivity index (χ3v) is 2.93. The zero-order chi connectivity index (χ0) is 10.8. The van der Waals surface area contributed by atoms with E-state index in [4.69, 9.17) is 10.5 Å². The Kier molecular flexibility index (Phi) is 3.89. The summed E-state index contributed by atoms with van der Waals surface area (Å²) < 4.78 is 5.48. The number of likely N-dealkylation sites (N-methyl/N-ethyl adjacent to an activating group) is 1. The van der Waals surface area contributed by atoms with Crippen LogP contribution >= 0.6 is 0 Å². The van der Waals surface area contributed by atoms with Crippen molar-refractivity contribution in [2.24, 2.45) is 5.73 Å². The van der Waals surface area contributed by atoms with Crippen LogP contribution in [-0.2, 0) is 4.74 Å². The Morgan fingerprint density at radius 1 is 1.64 bits per heavy atom. The van der Waals surface area contributed by atoms with Crippen molar-refractivity contribution in [3.63, 3.8) is 0 Å². The maximum absolute atomic E-state index is 9.83. The molecule has 0 aromatic carbocycles. The minimum absolute atomic E-state index is 0.258. The van der Waals surface area contributed by atoms with Gasteiger partial charge in [0, 0.05) is 25.7 Å². The maximum Gasteiger partial charge on any atom is 0.0867 e. The SMILES string of the molecule is CC1OCCC1N(C)CC(C)(O)CN. The molecule has 1 saturated heterocycles. The summed E-state index contributed by atoms with van der Waals surface area (Å²) in [6, 6.07) is 0.410. The Bertz CT molecular complexity index is 185. The first-order valence-corrected chi connectivity index (χ1v) is 5.20. The summed E-state index contributed by atoms with van der Waals surface area (Å²) in [5, 5.41) is 9.83. The summed E-state index contributed by atoms with van der Waals surface area (Å²) in [6.07, 6.45) is 1.30. The van der Waals surface area contributed by atoms with Gasteiger partial charge in [-0.2, -0.15) is 0 Å². The van der Waals surface area contributed by atoms with Gasteiger partial charge in [0.15, 0.2) is 0 Å². The molecular formula is C10H22N2O2. The lowest BCUT2D eigenvalue weighted by Gasteiger charge is -2.33. The fourth-order valence-corrected chi connectivity index (χ4v) is 2.02. The van der Waals surface area contributed by atoms with Gasteiger partial charge in [0.05, 0.1) is 11.7 Å². The van der Waals surface area contributed by atoms with E-state index in [0.29, 0.717) is 19.1 Å². The van der Waals surface area contributed by atoms with Crippen molar-refractivity contribution in [2.45, 2.75) is 38.0 Å². The van der Waals surface area contributed by atoms with Crippen LogP contribution in [0.4, 0.5) is 0 Å². The normalized spacial score (nSPS) is 32.1. The number of ether oxygens (including phenoxy) is 1. The number of aliphatic hydroxyl groups is 1. The molecular weight excluding hydrogens is 180 g/mol. The first kappa shape index (κ1) is 11.9. The predicted molar refractivity (Wildman–Crippen MR) is 56.1 cm³/mol. The summed E-state index contributed by atoms with van der Waals surface area (Å²) in [7, 11) is 2.01. The van der Waals surface area contributed by atoms with Gasteiger partial charge < -0.3 is 15.6 Å². The molecule has 3 unspecified atom stereocenters. The molecule has 3 N–H and O–H groups in total. The average Bonchev–Trinajstić information content (AvgIpc) is 2.51. The molecule has 0 saturated carbocycles. The quantitative estimate of drug-likeness (QED) is 0.663. The van der Waals surface area contributed by atoms with Gasteiger partial charge >= 0.3 is 0 Å². The fourth-order valence-electron chi connectivity index (χ4n) is 2.02. The summed E-state index contributed by atoms with van der Waals surface area (Å²) in [5.74, 6) is 0. The van der Waals surface area contributed by atoms with Crippen molar-refractivity contribution in [3.8, 4) is 0 Å². The molecule has 0 aromatic heterocycles. The number of hydrogen-bond acceptors (Lipinski definition) is 4. The third-order valence-electron chi connectivity index (χ3n) is 2.93. The molecule has 0 bridgehead atoms. The molecule has 3 atom stereocenters. The van der Waals surface area contributed by atoms with Crippen LogP contribution in [0.1, 0.15) is 20.3 Å². The minimum atomic E-state index is -0.795. The Morgan fingerprint density at radius 2 is 2.29 bits per heavy atom. The van der Waals surface area contributed by atoms with Crippen molar-refractivity contribution in [3.05, 3.63) is 0 Å². The number of nitrogens with two attached hydrogens (primary N) is 1. The van der Waals surface area contributed by atoms with E-state index in [1.807, 2.05) is 7.05 Å². The van der Waals surface area contributed by atoms with Gasteiger partial charge in [-0.15, -0.1) is 0 Å². The van der Waals surface area contributed by atoms with E-state index in [0.717, 1.165) is 13.0 Å². The van der Waals surface area contributed by atoms with Gasteiger partial charge in [0.25, 0.3) is 0 Å². The van der Waals surface area contributed by atoms with Crippen LogP contribution in [0.2, 0.25) is 0 Å². The van der Waals surface area contributed by atoms with Gasteiger partial charge in [-0.1, -0.05) is 0 Å². The Balaban J connectivity index is 2.45. The molecule has 0 amide bonds. The van der Waals surface area contributed by atoms with Crippen molar-refractivity contribution in [1.29, 1.82) is 0 Å². The van der Waals surface area contributed by atoms with Gasteiger partial charge in [-0.3, -0.25) is 4.90 Å². The molecule has 1 aliphatic rings. The van der Waals surface area contributed by atoms with Gasteiger partial charge in [-0.05, 0) is 27.3 Å². The van der Waals surface area contributed by atoms with Gasteiger partial charge in [-0.25, -0.2) is 0 Å². The lowest BCUT2D eigenvalue weighted by molar-refractivity contribution is 0.00898. The van der Waals surface area contributed by atoms with E-state index in [1.54, 1.807) is 6.92 Å². The lowest BCUT2D eigenvalue weighted by atomic mass is 10.0. The Morgan fingerprint density at radius 3 is 2.71 bits per heavy atom. The van der Waals surface area contributed by atoms with Crippen molar-refractivity contribution in [2.75, 3.05) is 26.7 Å². The van der Waals surface area contributed by atoms with Crippen molar-refractivity contribution >= 4 is 0 Å². The lowest BCUT2D eigenvalue weighted by Crippen LogP contribution is -2.49. The zero-order valence-corrected chi connectivity index (χ0v) is 9.36. The molecule has 84 valence electrons. The molecule has 4 heteroatoms. The summed E-state index contributed by atoms with van der Waals surface area (Å²) in [4.78, 5) is 2.14. The molecule has 1 rings (SSSR count). The molecule has 1 aliphatic heterocycles. The number of nitrogens with zero attached hydrogens (tertiary/aromatic N) is 1. The van der Waals surface area contributed by atoms with Crippen molar-refractivity contribution < 1.29 is 9.84 Å². The van der Waals surface area contributed by atoms with Crippen LogP contribution in [0.3, 0.4) is 0 Å². The van der Waals surface area contributed by atoms with Crippen LogP contribution in [-0.4, -0.2) is 54.5 Å². The molecule has 0 aliphatic carbocycles. The minimum Gasteiger partial charge on any atom is -0.388 e. The second-order valence-corrected chi connectivity index (χ2v) is 4.55. The van der Waals surface area contributed by atoms with E-state index in [1.165, 1.54) is 0 Å². The predicted octanol–water partition coefficient (Wildman–Crippen LogP) is -0.195. The van der Waals surface area contributed by atoms with E-state index >= 15 is 0 Å². The highest BCUT2D eigenvalue weighted by molar-refractivity contribution is 4.85. The molecule has 4 nitrogen and oxygen atoms in total. The highest BCUT2D eigenvalue weighted by Gasteiger charge is 2.31. The molecule has 1 heterocycles. The van der Waals surface area contributed by atoms with Crippen LogP contribution < -0.4 is 5.73 Å². The first-order chi connectivity index (χ1) is 6.46. The topological polar surface area (TPSA) is 58.7 Å². The maximum atomic E-state index is 9.83. The van der Waals surface area contributed by atoms with Gasteiger partial charge in [0.1, 0.15) is 0 Å². The first-order valence-electron chi connectivity index (χ1n) is 5.20. The Hall–Kier alpha value is -0.160. The van der Waals surface area contributed by atoms with Crippen LogP contribution in [0.25, 0.3) is 0 Å².